The van der Waals surface area contributed by atoms with Crippen molar-refractivity contribution in [1.82, 2.24) is 0 Å². The van der Waals surface area contributed by atoms with Gasteiger partial charge in [-0.25, -0.2) is 0 Å². The third kappa shape index (κ3) is 2.11. The van der Waals surface area contributed by atoms with Crippen molar-refractivity contribution >= 4 is 11.6 Å². The van der Waals surface area contributed by atoms with Gasteiger partial charge in [0.25, 0.3) is 0 Å². The third-order valence-corrected chi connectivity index (χ3v) is 2.03. The van der Waals surface area contributed by atoms with E-state index in [0.29, 0.717) is 5.75 Å². The van der Waals surface area contributed by atoms with Gasteiger partial charge in [-0.1, -0.05) is 12.1 Å². The van der Waals surface area contributed by atoms with E-state index in [1.165, 1.54) is 20.3 Å². The van der Waals surface area contributed by atoms with Gasteiger partial charge in [-0.2, -0.15) is 4.39 Å². The van der Waals surface area contributed by atoms with Gasteiger partial charge in [0.05, 0.1) is 12.7 Å². The van der Waals surface area contributed by atoms with E-state index in [1.54, 1.807) is 18.2 Å². The summed E-state index contributed by atoms with van der Waals surface area (Å²) in [5, 5.41) is -2.33. The van der Waals surface area contributed by atoms with Gasteiger partial charge in [0.15, 0.2) is 0 Å². The molecule has 0 aliphatic heterocycles. The Hall–Kier alpha value is -0.800. The lowest BCUT2D eigenvalue weighted by Gasteiger charge is -2.18. The monoisotopic (exact) mass is 204 g/mol. The molecule has 4 heteroatoms. The maximum atomic E-state index is 13.5. The smallest absolute Gasteiger partial charge is 0.316 e. The predicted octanol–water partition coefficient (Wildman–Crippen LogP) is 2.66. The fourth-order valence-corrected chi connectivity index (χ4v) is 1.15. The second-order valence-corrected chi connectivity index (χ2v) is 2.91. The van der Waals surface area contributed by atoms with E-state index < -0.39 is 5.31 Å². The van der Waals surface area contributed by atoms with Crippen LogP contribution in [0.4, 0.5) is 4.39 Å². The van der Waals surface area contributed by atoms with Gasteiger partial charge in [0.1, 0.15) is 5.75 Å². The lowest BCUT2D eigenvalue weighted by atomic mass is 10.2. The van der Waals surface area contributed by atoms with Gasteiger partial charge in [-0.05, 0) is 23.7 Å². The molecule has 0 amide bonds. The summed E-state index contributed by atoms with van der Waals surface area (Å²) in [7, 11) is 2.64. The summed E-state index contributed by atoms with van der Waals surface area (Å²) in [6.45, 7) is 0. The minimum absolute atomic E-state index is 0.168. The van der Waals surface area contributed by atoms with Crippen LogP contribution in [0.1, 0.15) is 5.56 Å². The standard InChI is InChI=1S/C9H10ClFO2/c1-12-8-6-4-3-5-7(8)9(10,11)13-2/h3-6H,1-2H3. The molecule has 0 aliphatic carbocycles. The van der Waals surface area contributed by atoms with Crippen LogP contribution in [-0.2, 0) is 10.1 Å². The molecule has 1 rings (SSSR count). The van der Waals surface area contributed by atoms with Crippen LogP contribution in [-0.4, -0.2) is 14.2 Å². The highest BCUT2D eigenvalue weighted by molar-refractivity contribution is 6.22. The number of halogens is 2. The molecule has 0 heterocycles. The van der Waals surface area contributed by atoms with Gasteiger partial charge < -0.3 is 9.47 Å². The van der Waals surface area contributed by atoms with Crippen molar-refractivity contribution in [2.75, 3.05) is 14.2 Å². The van der Waals surface area contributed by atoms with Crippen molar-refractivity contribution in [1.29, 1.82) is 0 Å². The van der Waals surface area contributed by atoms with Crippen molar-refractivity contribution < 1.29 is 13.9 Å². The molecule has 0 radical (unpaired) electrons. The van der Waals surface area contributed by atoms with Crippen LogP contribution in [0.3, 0.4) is 0 Å². The summed E-state index contributed by atoms with van der Waals surface area (Å²) < 4.78 is 22.9. The van der Waals surface area contributed by atoms with Gasteiger partial charge in [-0.3, -0.25) is 0 Å². The van der Waals surface area contributed by atoms with Crippen LogP contribution < -0.4 is 4.74 Å². The Morgan fingerprint density at radius 1 is 1.31 bits per heavy atom. The fraction of sp³-hybridized carbons (Fsp3) is 0.333. The molecule has 72 valence electrons. The number of hydrogen-bond donors (Lipinski definition) is 0. The summed E-state index contributed by atoms with van der Waals surface area (Å²) in [6.07, 6.45) is 0. The maximum absolute atomic E-state index is 13.5. The second-order valence-electron chi connectivity index (χ2n) is 2.42. The Kier molecular flexibility index (Phi) is 3.12. The van der Waals surface area contributed by atoms with Crippen molar-refractivity contribution in [3.05, 3.63) is 29.8 Å². The fourth-order valence-electron chi connectivity index (χ4n) is 0.995. The second kappa shape index (κ2) is 3.94. The number of ether oxygens (including phenoxy) is 2. The molecule has 0 aliphatic rings. The molecule has 0 saturated heterocycles. The average molecular weight is 205 g/mol. The lowest BCUT2D eigenvalue weighted by Crippen LogP contribution is -2.15. The summed E-state index contributed by atoms with van der Waals surface area (Å²) in [4.78, 5) is 0. The largest absolute Gasteiger partial charge is 0.496 e. The van der Waals surface area contributed by atoms with Gasteiger partial charge in [0, 0.05) is 7.11 Å². The Morgan fingerprint density at radius 2 is 1.92 bits per heavy atom. The highest BCUT2D eigenvalue weighted by Crippen LogP contribution is 2.37. The van der Waals surface area contributed by atoms with Gasteiger partial charge >= 0.3 is 5.31 Å². The first kappa shape index (κ1) is 10.3. The molecule has 2 nitrogen and oxygen atoms in total. The normalized spacial score (nSPS) is 15.1. The van der Waals surface area contributed by atoms with E-state index >= 15 is 0 Å². The van der Waals surface area contributed by atoms with Crippen LogP contribution in [0.2, 0.25) is 0 Å². The average Bonchev–Trinajstić information content (AvgIpc) is 2.18. The first-order valence-electron chi connectivity index (χ1n) is 3.68. The minimum atomic E-state index is -2.33. The van der Waals surface area contributed by atoms with E-state index in [1.807, 2.05) is 0 Å². The van der Waals surface area contributed by atoms with Crippen LogP contribution in [0.25, 0.3) is 0 Å². The zero-order valence-corrected chi connectivity index (χ0v) is 8.14. The highest BCUT2D eigenvalue weighted by Gasteiger charge is 2.31. The summed E-state index contributed by atoms with van der Waals surface area (Å²) in [5.74, 6) is 0.363. The van der Waals surface area contributed by atoms with Gasteiger partial charge in [0.2, 0.25) is 0 Å². The first-order valence-corrected chi connectivity index (χ1v) is 4.06. The Morgan fingerprint density at radius 3 is 2.46 bits per heavy atom. The topological polar surface area (TPSA) is 18.5 Å². The van der Waals surface area contributed by atoms with E-state index in [2.05, 4.69) is 4.74 Å². The zero-order valence-electron chi connectivity index (χ0n) is 7.38. The third-order valence-electron chi connectivity index (χ3n) is 1.68. The molecule has 0 spiro atoms. The SMILES string of the molecule is COc1ccccc1C(F)(Cl)OC. The molecule has 0 N–H and O–H groups in total. The van der Waals surface area contributed by atoms with Crippen molar-refractivity contribution in [3.8, 4) is 5.75 Å². The number of rotatable bonds is 3. The zero-order chi connectivity index (χ0) is 9.90. The highest BCUT2D eigenvalue weighted by atomic mass is 35.5. The number of methoxy groups -OCH3 is 2. The molecule has 0 fully saturated rings. The Bertz CT molecular complexity index is 289. The first-order chi connectivity index (χ1) is 6.11. The van der Waals surface area contributed by atoms with Crippen LogP contribution >= 0.6 is 11.6 Å². The summed E-state index contributed by atoms with van der Waals surface area (Å²) in [5.41, 5.74) is 0.168. The van der Waals surface area contributed by atoms with Crippen LogP contribution in [0.15, 0.2) is 24.3 Å². The van der Waals surface area contributed by atoms with E-state index in [0.717, 1.165) is 0 Å². The molecular formula is C9H10ClFO2. The Balaban J connectivity index is 3.12. The molecule has 1 aromatic carbocycles. The minimum Gasteiger partial charge on any atom is -0.496 e. The van der Waals surface area contributed by atoms with E-state index in [9.17, 15) is 4.39 Å². The molecule has 1 atom stereocenters. The van der Waals surface area contributed by atoms with Crippen LogP contribution in [0.5, 0.6) is 5.75 Å². The van der Waals surface area contributed by atoms with Crippen molar-refractivity contribution in [2.45, 2.75) is 5.31 Å². The maximum Gasteiger partial charge on any atom is 0.316 e. The predicted molar refractivity (Wildman–Crippen MR) is 48.6 cm³/mol. The van der Waals surface area contributed by atoms with Crippen LogP contribution in [0, 0.1) is 0 Å². The molecule has 0 bridgehead atoms. The molecule has 1 aromatic rings. The number of para-hydroxylation sites is 1. The van der Waals surface area contributed by atoms with Gasteiger partial charge in [-0.15, -0.1) is 0 Å². The van der Waals surface area contributed by atoms with E-state index in [-0.39, 0.29) is 5.56 Å². The van der Waals surface area contributed by atoms with Crippen molar-refractivity contribution in [3.63, 3.8) is 0 Å². The van der Waals surface area contributed by atoms with Crippen molar-refractivity contribution in [2.24, 2.45) is 0 Å². The summed E-state index contributed by atoms with van der Waals surface area (Å²) in [6, 6.07) is 6.51. The number of hydrogen-bond acceptors (Lipinski definition) is 2. The molecule has 1 unspecified atom stereocenters. The Labute approximate surface area is 81.2 Å². The summed E-state index contributed by atoms with van der Waals surface area (Å²) >= 11 is 5.46. The number of benzene rings is 1. The molecule has 13 heavy (non-hydrogen) atoms. The molecular weight excluding hydrogens is 195 g/mol. The quantitative estimate of drug-likeness (QED) is 0.705. The number of alkyl halides is 2. The van der Waals surface area contributed by atoms with E-state index in [4.69, 9.17) is 16.3 Å². The lowest BCUT2D eigenvalue weighted by molar-refractivity contribution is -0.0531. The molecule has 0 saturated carbocycles. The molecule has 0 aromatic heterocycles.